The van der Waals surface area contributed by atoms with Gasteiger partial charge < -0.3 is 9.15 Å². The molecule has 0 fully saturated rings. The molecule has 0 spiro atoms. The summed E-state index contributed by atoms with van der Waals surface area (Å²) in [6.07, 6.45) is -3.03. The first-order valence-corrected chi connectivity index (χ1v) is 7.89. The number of nitrogens with zero attached hydrogens (tertiary/aromatic N) is 2. The van der Waals surface area contributed by atoms with Crippen LogP contribution in [0.25, 0.3) is 5.69 Å². The van der Waals surface area contributed by atoms with Gasteiger partial charge in [-0.2, -0.15) is 13.2 Å². The lowest BCUT2D eigenvalue weighted by molar-refractivity contribution is -0.137. The number of carbonyl (C=O) groups is 1. The fourth-order valence-electron chi connectivity index (χ4n) is 2.01. The molecule has 0 saturated carbocycles. The maximum absolute atomic E-state index is 12.9. The predicted molar refractivity (Wildman–Crippen MR) is 84.2 cm³/mol. The van der Waals surface area contributed by atoms with Crippen LogP contribution in [-0.4, -0.2) is 16.8 Å². The normalized spacial score (nSPS) is 13.8. The SMILES string of the molecule is CCc1cn(-c2cccc(C(F)(F)F)c2)/c(=N/C(=O)OC(C)CC)o1. The Balaban J connectivity index is 2.48. The molecular formula is C17H19F3N2O3. The fraction of sp³-hybridized carbons (Fsp3) is 0.412. The molecule has 2 aromatic rings. The fourth-order valence-corrected chi connectivity index (χ4v) is 2.01. The van der Waals surface area contributed by atoms with E-state index in [0.29, 0.717) is 18.6 Å². The Labute approximate surface area is 142 Å². The zero-order valence-electron chi connectivity index (χ0n) is 14.1. The topological polar surface area (TPSA) is 56.7 Å². The second-order valence-electron chi connectivity index (χ2n) is 5.47. The molecule has 136 valence electrons. The lowest BCUT2D eigenvalue weighted by Crippen LogP contribution is -2.19. The molecule has 0 N–H and O–H groups in total. The van der Waals surface area contributed by atoms with Gasteiger partial charge in [-0.3, -0.25) is 4.57 Å². The van der Waals surface area contributed by atoms with E-state index < -0.39 is 17.8 Å². The molecule has 0 aliphatic carbocycles. The number of alkyl halides is 3. The number of carbonyl (C=O) groups excluding carboxylic acids is 1. The monoisotopic (exact) mass is 356 g/mol. The number of halogens is 3. The van der Waals surface area contributed by atoms with Crippen LogP contribution in [0.2, 0.25) is 0 Å². The van der Waals surface area contributed by atoms with Crippen LogP contribution in [-0.2, 0) is 17.3 Å². The molecule has 1 atom stereocenters. The van der Waals surface area contributed by atoms with Crippen LogP contribution >= 0.6 is 0 Å². The first-order valence-electron chi connectivity index (χ1n) is 7.89. The molecule has 1 amide bonds. The average Bonchev–Trinajstić information content (AvgIpc) is 2.96. The quantitative estimate of drug-likeness (QED) is 0.811. The second-order valence-corrected chi connectivity index (χ2v) is 5.47. The first-order chi connectivity index (χ1) is 11.7. The van der Waals surface area contributed by atoms with Gasteiger partial charge in [-0.05, 0) is 31.5 Å². The van der Waals surface area contributed by atoms with E-state index in [1.807, 2.05) is 13.8 Å². The average molecular weight is 356 g/mol. The number of oxazole rings is 1. The summed E-state index contributed by atoms with van der Waals surface area (Å²) in [6.45, 7) is 5.38. The minimum Gasteiger partial charge on any atom is -0.445 e. The number of hydrogen-bond donors (Lipinski definition) is 0. The van der Waals surface area contributed by atoms with Crippen molar-refractivity contribution in [1.29, 1.82) is 0 Å². The largest absolute Gasteiger partial charge is 0.445 e. The highest BCUT2D eigenvalue weighted by molar-refractivity contribution is 5.68. The van der Waals surface area contributed by atoms with Crippen molar-refractivity contribution < 1.29 is 27.1 Å². The summed E-state index contributed by atoms with van der Waals surface area (Å²) in [4.78, 5) is 15.6. The van der Waals surface area contributed by atoms with E-state index in [-0.39, 0.29) is 17.5 Å². The molecule has 1 aromatic carbocycles. The molecule has 25 heavy (non-hydrogen) atoms. The third kappa shape index (κ3) is 4.74. The smallest absolute Gasteiger partial charge is 0.438 e. The van der Waals surface area contributed by atoms with Gasteiger partial charge >= 0.3 is 18.0 Å². The van der Waals surface area contributed by atoms with Crippen molar-refractivity contribution in [1.82, 2.24) is 4.57 Å². The Hall–Kier alpha value is -2.51. The summed E-state index contributed by atoms with van der Waals surface area (Å²) in [5.74, 6) is 0.479. The van der Waals surface area contributed by atoms with Gasteiger partial charge in [0.15, 0.2) is 0 Å². The van der Waals surface area contributed by atoms with Crippen molar-refractivity contribution in [2.24, 2.45) is 4.99 Å². The summed E-state index contributed by atoms with van der Waals surface area (Å²) >= 11 is 0. The maximum Gasteiger partial charge on any atom is 0.438 e. The maximum atomic E-state index is 12.9. The number of benzene rings is 1. The van der Waals surface area contributed by atoms with Gasteiger partial charge in [0.2, 0.25) is 0 Å². The molecular weight excluding hydrogens is 337 g/mol. The minimum absolute atomic E-state index is 0.135. The molecule has 8 heteroatoms. The number of aromatic nitrogens is 1. The third-order valence-electron chi connectivity index (χ3n) is 3.57. The molecule has 2 rings (SSSR count). The van der Waals surface area contributed by atoms with Crippen molar-refractivity contribution in [2.45, 2.75) is 45.9 Å². The second kappa shape index (κ2) is 7.58. The standard InChI is InChI=1S/C17H19F3N2O3/c1-4-11(3)24-16(23)21-15-22(10-14(5-2)25-15)13-8-6-7-12(9-13)17(18,19)20/h6-11H,4-5H2,1-3H3/b21-15-. The van der Waals surface area contributed by atoms with E-state index in [1.165, 1.54) is 22.9 Å². The molecule has 0 aliphatic heterocycles. The molecule has 0 bridgehead atoms. The zero-order valence-corrected chi connectivity index (χ0v) is 14.1. The van der Waals surface area contributed by atoms with Crippen LogP contribution < -0.4 is 5.68 Å². The molecule has 0 saturated heterocycles. The van der Waals surface area contributed by atoms with Crippen LogP contribution in [0, 0.1) is 0 Å². The number of amides is 1. The number of aryl methyl sites for hydroxylation is 1. The highest BCUT2D eigenvalue weighted by Gasteiger charge is 2.30. The van der Waals surface area contributed by atoms with Crippen LogP contribution in [0.15, 0.2) is 39.9 Å². The van der Waals surface area contributed by atoms with Gasteiger partial charge in [-0.1, -0.05) is 19.9 Å². The van der Waals surface area contributed by atoms with E-state index in [1.54, 1.807) is 6.92 Å². The van der Waals surface area contributed by atoms with Gasteiger partial charge in [0.25, 0.3) is 0 Å². The molecule has 1 aromatic heterocycles. The summed E-state index contributed by atoms with van der Waals surface area (Å²) in [5.41, 5.74) is -0.747. The van der Waals surface area contributed by atoms with E-state index in [9.17, 15) is 18.0 Å². The van der Waals surface area contributed by atoms with Crippen molar-refractivity contribution >= 4 is 6.09 Å². The van der Waals surface area contributed by atoms with Gasteiger partial charge in [0, 0.05) is 6.42 Å². The third-order valence-corrected chi connectivity index (χ3v) is 3.57. The predicted octanol–water partition coefficient (Wildman–Crippen LogP) is 4.49. The summed E-state index contributed by atoms with van der Waals surface area (Å²) in [7, 11) is 0. The Kier molecular flexibility index (Phi) is 5.71. The first kappa shape index (κ1) is 18.8. The van der Waals surface area contributed by atoms with Gasteiger partial charge in [0.1, 0.15) is 11.9 Å². The minimum atomic E-state index is -4.47. The van der Waals surface area contributed by atoms with Gasteiger partial charge in [0.05, 0.1) is 17.4 Å². The Morgan fingerprint density at radius 3 is 2.68 bits per heavy atom. The lowest BCUT2D eigenvalue weighted by atomic mass is 10.2. The summed E-state index contributed by atoms with van der Waals surface area (Å²) in [6, 6.07) is 4.70. The lowest BCUT2D eigenvalue weighted by Gasteiger charge is -2.09. The Morgan fingerprint density at radius 2 is 2.08 bits per heavy atom. The molecule has 1 heterocycles. The number of hydrogen-bond acceptors (Lipinski definition) is 3. The highest BCUT2D eigenvalue weighted by Crippen LogP contribution is 2.30. The highest BCUT2D eigenvalue weighted by atomic mass is 19.4. The molecule has 0 radical (unpaired) electrons. The van der Waals surface area contributed by atoms with Crippen molar-refractivity contribution in [3.05, 3.63) is 47.5 Å². The van der Waals surface area contributed by atoms with E-state index in [2.05, 4.69) is 4.99 Å². The van der Waals surface area contributed by atoms with E-state index >= 15 is 0 Å². The molecule has 1 unspecified atom stereocenters. The summed E-state index contributed by atoms with van der Waals surface area (Å²) < 4.78 is 50.6. The van der Waals surface area contributed by atoms with Crippen molar-refractivity contribution in [3.8, 4) is 5.69 Å². The Bertz CT molecular complexity index is 806. The van der Waals surface area contributed by atoms with Crippen LogP contribution in [0.3, 0.4) is 0 Å². The van der Waals surface area contributed by atoms with E-state index in [0.717, 1.165) is 12.1 Å². The van der Waals surface area contributed by atoms with Crippen LogP contribution in [0.4, 0.5) is 18.0 Å². The number of ether oxygens (including phenoxy) is 1. The van der Waals surface area contributed by atoms with Crippen molar-refractivity contribution in [3.63, 3.8) is 0 Å². The summed E-state index contributed by atoms with van der Waals surface area (Å²) in [5, 5.41) is 0. The van der Waals surface area contributed by atoms with Crippen LogP contribution in [0.5, 0.6) is 0 Å². The molecule has 0 aliphatic rings. The number of rotatable bonds is 4. The van der Waals surface area contributed by atoms with Crippen LogP contribution in [0.1, 0.15) is 38.5 Å². The Morgan fingerprint density at radius 1 is 1.36 bits per heavy atom. The van der Waals surface area contributed by atoms with Gasteiger partial charge in [-0.25, -0.2) is 4.79 Å². The van der Waals surface area contributed by atoms with Gasteiger partial charge in [-0.15, -0.1) is 4.99 Å². The van der Waals surface area contributed by atoms with E-state index in [4.69, 9.17) is 9.15 Å². The van der Waals surface area contributed by atoms with Crippen molar-refractivity contribution in [2.75, 3.05) is 0 Å². The molecule has 5 nitrogen and oxygen atoms in total. The zero-order chi connectivity index (χ0) is 18.6.